The molecule has 1 aromatic heterocycles. The van der Waals surface area contributed by atoms with Crippen LogP contribution < -0.4 is 4.62 Å². The molecule has 1 rings (SSSR count). The molecule has 84 valence electrons. The Morgan fingerprint density at radius 3 is 2.13 bits per heavy atom. The van der Waals surface area contributed by atoms with Gasteiger partial charge < -0.3 is 9.79 Å². The van der Waals surface area contributed by atoms with Crippen molar-refractivity contribution in [2.75, 3.05) is 0 Å². The minimum atomic E-state index is -4.25. The maximum atomic E-state index is 11.2. The van der Waals surface area contributed by atoms with Crippen LogP contribution in [0.5, 0.6) is 0 Å². The van der Waals surface area contributed by atoms with Crippen LogP contribution in [0.3, 0.4) is 0 Å². The molecule has 2 N–H and O–H groups in total. The number of thiophene rings is 1. The van der Waals surface area contributed by atoms with Crippen LogP contribution in [-0.4, -0.2) is 16.1 Å². The third-order valence-electron chi connectivity index (χ3n) is 2.21. The number of hydrogen-bond donors (Lipinski definition) is 2. The summed E-state index contributed by atoms with van der Waals surface area (Å²) in [6, 6.07) is 0. The molecule has 4 nitrogen and oxygen atoms in total. The van der Waals surface area contributed by atoms with Crippen molar-refractivity contribution < 1.29 is 19.1 Å². The molecule has 0 radical (unpaired) electrons. The Morgan fingerprint density at radius 2 is 1.80 bits per heavy atom. The quantitative estimate of drug-likeness (QED) is 0.625. The molecular weight excluding hydrogens is 235 g/mol. The molecule has 15 heavy (non-hydrogen) atoms. The van der Waals surface area contributed by atoms with Crippen molar-refractivity contribution >= 4 is 29.8 Å². The highest BCUT2D eigenvalue weighted by Crippen LogP contribution is 2.40. The van der Waals surface area contributed by atoms with Gasteiger partial charge in [-0.05, 0) is 24.0 Å². The van der Waals surface area contributed by atoms with E-state index in [1.807, 2.05) is 13.8 Å². The Morgan fingerprint density at radius 1 is 1.27 bits per heavy atom. The molecule has 0 aromatic carbocycles. The smallest absolute Gasteiger partial charge is 0.320 e. The summed E-state index contributed by atoms with van der Waals surface area (Å²) in [7, 11) is -4.25. The van der Waals surface area contributed by atoms with E-state index in [4.69, 9.17) is 9.79 Å². The lowest BCUT2D eigenvalue weighted by Crippen LogP contribution is -2.05. The molecule has 0 aliphatic rings. The van der Waals surface area contributed by atoms with Crippen LogP contribution in [0.1, 0.15) is 34.6 Å². The van der Waals surface area contributed by atoms with E-state index in [0.717, 1.165) is 16.9 Å². The molecule has 0 unspecified atom stereocenters. The third-order valence-corrected chi connectivity index (χ3v) is 4.99. The van der Waals surface area contributed by atoms with Crippen LogP contribution in [-0.2, 0) is 17.4 Å². The summed E-state index contributed by atoms with van der Waals surface area (Å²) in [5.74, 6) is 0. The Hall–Kier alpha value is -0.480. The lowest BCUT2D eigenvalue weighted by Gasteiger charge is -2.04. The van der Waals surface area contributed by atoms with Gasteiger partial charge in [-0.15, -0.1) is 11.3 Å². The summed E-state index contributed by atoms with van der Waals surface area (Å²) in [6.45, 7) is 3.70. The van der Waals surface area contributed by atoms with Gasteiger partial charge in [0.05, 0.1) is 4.88 Å². The van der Waals surface area contributed by atoms with Crippen LogP contribution in [0.4, 0.5) is 0 Å². The van der Waals surface area contributed by atoms with Gasteiger partial charge in [-0.2, -0.15) is 0 Å². The van der Waals surface area contributed by atoms with Crippen LogP contribution in [0.25, 0.3) is 0 Å². The van der Waals surface area contributed by atoms with E-state index in [1.165, 1.54) is 0 Å². The number of carbonyl (C=O) groups excluding carboxylic acids is 1. The average molecular weight is 248 g/mol. The molecule has 0 saturated carbocycles. The van der Waals surface area contributed by atoms with Crippen molar-refractivity contribution in [3.05, 3.63) is 16.0 Å². The first kappa shape index (κ1) is 12.6. The molecular formula is C9H13O4PS. The van der Waals surface area contributed by atoms with Gasteiger partial charge in [-0.25, -0.2) is 0 Å². The van der Waals surface area contributed by atoms with Crippen LogP contribution in [0.15, 0.2) is 0 Å². The van der Waals surface area contributed by atoms with E-state index in [2.05, 4.69) is 0 Å². The van der Waals surface area contributed by atoms with E-state index in [1.54, 1.807) is 0 Å². The van der Waals surface area contributed by atoms with E-state index in [-0.39, 0.29) is 4.62 Å². The van der Waals surface area contributed by atoms with Gasteiger partial charge in [0, 0.05) is 0 Å². The molecule has 6 heteroatoms. The first-order valence-electron chi connectivity index (χ1n) is 4.61. The fourth-order valence-electron chi connectivity index (χ4n) is 1.59. The fraction of sp³-hybridized carbons (Fsp3) is 0.444. The van der Waals surface area contributed by atoms with E-state index in [0.29, 0.717) is 29.6 Å². The average Bonchev–Trinajstić information content (AvgIpc) is 2.54. The standard InChI is InChI=1S/C9H13O4PS/c1-3-6-7(4-2)9(14(11,12)13)15-8(6)5-10/h5H,3-4H2,1-2H3,(H2,11,12,13). The van der Waals surface area contributed by atoms with E-state index >= 15 is 0 Å². The van der Waals surface area contributed by atoms with Crippen LogP contribution >= 0.6 is 18.9 Å². The SMILES string of the molecule is CCc1c(C=O)sc(P(=O)(O)O)c1CC. The highest BCUT2D eigenvalue weighted by molar-refractivity contribution is 7.67. The second-order valence-electron chi connectivity index (χ2n) is 3.10. The Balaban J connectivity index is 3.47. The highest BCUT2D eigenvalue weighted by Gasteiger charge is 2.27. The van der Waals surface area contributed by atoms with E-state index in [9.17, 15) is 9.36 Å². The van der Waals surface area contributed by atoms with Crippen molar-refractivity contribution in [3.8, 4) is 0 Å². The second-order valence-corrected chi connectivity index (χ2v) is 5.99. The van der Waals surface area contributed by atoms with Gasteiger partial charge in [0.15, 0.2) is 6.29 Å². The molecule has 1 aromatic rings. The maximum absolute atomic E-state index is 11.2. The lowest BCUT2D eigenvalue weighted by molar-refractivity contribution is 0.112. The first-order valence-corrected chi connectivity index (χ1v) is 7.04. The Kier molecular flexibility index (Phi) is 3.84. The zero-order chi connectivity index (χ0) is 11.6. The van der Waals surface area contributed by atoms with Gasteiger partial charge >= 0.3 is 7.60 Å². The van der Waals surface area contributed by atoms with Gasteiger partial charge in [0.25, 0.3) is 0 Å². The zero-order valence-corrected chi connectivity index (χ0v) is 10.3. The molecule has 0 saturated heterocycles. The summed E-state index contributed by atoms with van der Waals surface area (Å²) in [5, 5.41) is 0. The molecule has 0 aliphatic heterocycles. The zero-order valence-electron chi connectivity index (χ0n) is 8.56. The van der Waals surface area contributed by atoms with Crippen LogP contribution in [0.2, 0.25) is 0 Å². The summed E-state index contributed by atoms with van der Waals surface area (Å²) in [4.78, 5) is 29.5. The van der Waals surface area contributed by atoms with Crippen molar-refractivity contribution in [1.29, 1.82) is 0 Å². The topological polar surface area (TPSA) is 74.6 Å². The van der Waals surface area contributed by atoms with Gasteiger partial charge in [-0.3, -0.25) is 9.36 Å². The summed E-state index contributed by atoms with van der Waals surface area (Å²) < 4.78 is 11.2. The van der Waals surface area contributed by atoms with Crippen molar-refractivity contribution in [1.82, 2.24) is 0 Å². The lowest BCUT2D eigenvalue weighted by atomic mass is 10.1. The Bertz CT molecular complexity index is 418. The predicted octanol–water partition coefficient (Wildman–Crippen LogP) is 1.49. The minimum absolute atomic E-state index is 0.0453. The number of aldehydes is 1. The first-order chi connectivity index (χ1) is 6.95. The molecule has 0 fully saturated rings. The van der Waals surface area contributed by atoms with E-state index < -0.39 is 7.60 Å². The van der Waals surface area contributed by atoms with Crippen molar-refractivity contribution in [2.45, 2.75) is 26.7 Å². The maximum Gasteiger partial charge on any atom is 0.366 e. The summed E-state index contributed by atoms with van der Waals surface area (Å²) >= 11 is 0.911. The second kappa shape index (κ2) is 4.58. The Labute approximate surface area is 92.1 Å². The molecule has 0 amide bonds. The molecule has 1 heterocycles. The van der Waals surface area contributed by atoms with Crippen molar-refractivity contribution in [2.24, 2.45) is 0 Å². The molecule has 0 aliphatic carbocycles. The van der Waals surface area contributed by atoms with Gasteiger partial charge in [-0.1, -0.05) is 13.8 Å². The predicted molar refractivity (Wildman–Crippen MR) is 60.1 cm³/mol. The normalized spacial score (nSPS) is 11.7. The molecule has 0 bridgehead atoms. The molecule has 0 spiro atoms. The number of carbonyl (C=O) groups is 1. The van der Waals surface area contributed by atoms with Crippen LogP contribution in [0, 0.1) is 0 Å². The van der Waals surface area contributed by atoms with Crippen molar-refractivity contribution in [3.63, 3.8) is 0 Å². The monoisotopic (exact) mass is 248 g/mol. The summed E-state index contributed by atoms with van der Waals surface area (Å²) in [6.07, 6.45) is 1.82. The van der Waals surface area contributed by atoms with Gasteiger partial charge in [0.1, 0.15) is 4.62 Å². The highest BCUT2D eigenvalue weighted by atomic mass is 32.1. The minimum Gasteiger partial charge on any atom is -0.320 e. The number of hydrogen-bond acceptors (Lipinski definition) is 3. The molecule has 0 atom stereocenters. The number of rotatable bonds is 4. The fourth-order valence-corrected chi connectivity index (χ4v) is 4.04. The largest absolute Gasteiger partial charge is 0.366 e. The third kappa shape index (κ3) is 2.37. The van der Waals surface area contributed by atoms with Gasteiger partial charge in [0.2, 0.25) is 0 Å². The summed E-state index contributed by atoms with van der Waals surface area (Å²) in [5.41, 5.74) is 1.41.